The molecule has 0 spiro atoms. The Kier molecular flexibility index (Phi) is 6.10. The van der Waals surface area contributed by atoms with E-state index in [1.54, 1.807) is 16.4 Å². The molecule has 118 valence electrons. The molecule has 0 amide bonds. The van der Waals surface area contributed by atoms with Gasteiger partial charge in [0.15, 0.2) is 0 Å². The molecule has 1 atom stereocenters. The third-order valence-corrected chi connectivity index (χ3v) is 6.54. The first-order chi connectivity index (χ1) is 10.1. The zero-order valence-electron chi connectivity index (χ0n) is 12.7. The largest absolute Gasteiger partial charge is 0.310 e. The molecule has 21 heavy (non-hydrogen) atoms. The Balaban J connectivity index is 2.10. The van der Waals surface area contributed by atoms with E-state index in [-0.39, 0.29) is 6.04 Å². The maximum Gasteiger partial charge on any atom is 0.243 e. The monoisotopic (exact) mass is 328 g/mol. The van der Waals surface area contributed by atoms with Crippen LogP contribution >= 0.6 is 11.8 Å². The molecule has 0 bridgehead atoms. The number of benzene rings is 1. The Hall–Kier alpha value is -0.560. The highest BCUT2D eigenvalue weighted by Crippen LogP contribution is 2.22. The van der Waals surface area contributed by atoms with E-state index in [0.717, 1.165) is 30.0 Å². The van der Waals surface area contributed by atoms with Crippen LogP contribution in [0.2, 0.25) is 0 Å². The average Bonchev–Trinajstić information content (AvgIpc) is 2.53. The van der Waals surface area contributed by atoms with E-state index in [9.17, 15) is 8.42 Å². The fraction of sp³-hybridized carbons (Fsp3) is 0.600. The number of rotatable bonds is 6. The van der Waals surface area contributed by atoms with E-state index in [0.29, 0.717) is 18.0 Å². The summed E-state index contributed by atoms with van der Waals surface area (Å²) in [5.74, 6) is 1.77. The molecule has 1 aromatic rings. The molecule has 1 aromatic carbocycles. The van der Waals surface area contributed by atoms with Crippen molar-refractivity contribution in [2.24, 2.45) is 0 Å². The molecule has 0 aliphatic carbocycles. The Morgan fingerprint density at radius 2 is 1.86 bits per heavy atom. The second-order valence-corrected chi connectivity index (χ2v) is 8.42. The van der Waals surface area contributed by atoms with Crippen molar-refractivity contribution in [1.29, 1.82) is 0 Å². The lowest BCUT2D eigenvalue weighted by Gasteiger charge is -2.25. The predicted molar refractivity (Wildman–Crippen MR) is 89.2 cm³/mol. The van der Waals surface area contributed by atoms with E-state index in [1.807, 2.05) is 23.9 Å². The lowest BCUT2D eigenvalue weighted by atomic mass is 10.1. The standard InChI is InChI=1S/C15H24N2O2S2/c1-3-8-16-13(2)14-4-6-15(7-5-14)21(18,19)17-9-11-20-12-10-17/h4-7,13,16H,3,8-12H2,1-2H3. The van der Waals surface area contributed by atoms with Crippen LogP contribution in [-0.2, 0) is 10.0 Å². The van der Waals surface area contributed by atoms with E-state index < -0.39 is 10.0 Å². The maximum absolute atomic E-state index is 12.5. The Morgan fingerprint density at radius 3 is 2.43 bits per heavy atom. The molecule has 1 saturated heterocycles. The summed E-state index contributed by atoms with van der Waals surface area (Å²) in [5, 5.41) is 3.41. The van der Waals surface area contributed by atoms with Crippen LogP contribution < -0.4 is 5.32 Å². The summed E-state index contributed by atoms with van der Waals surface area (Å²) in [6, 6.07) is 7.54. The molecular formula is C15H24N2O2S2. The number of thioether (sulfide) groups is 1. The molecule has 0 radical (unpaired) electrons. The van der Waals surface area contributed by atoms with Crippen LogP contribution in [0.15, 0.2) is 29.2 Å². The van der Waals surface area contributed by atoms with Crippen LogP contribution in [-0.4, -0.2) is 43.9 Å². The molecule has 0 saturated carbocycles. The van der Waals surface area contributed by atoms with Crippen molar-refractivity contribution < 1.29 is 8.42 Å². The van der Waals surface area contributed by atoms with Gasteiger partial charge in [0.25, 0.3) is 0 Å². The van der Waals surface area contributed by atoms with Gasteiger partial charge in [-0.2, -0.15) is 16.1 Å². The minimum absolute atomic E-state index is 0.244. The first kappa shape index (κ1) is 16.8. The second-order valence-electron chi connectivity index (χ2n) is 5.26. The summed E-state index contributed by atoms with van der Waals surface area (Å²) in [6.45, 7) is 6.42. The summed E-state index contributed by atoms with van der Waals surface area (Å²) in [5.41, 5.74) is 1.12. The van der Waals surface area contributed by atoms with Gasteiger partial charge in [0, 0.05) is 30.6 Å². The number of hydrogen-bond acceptors (Lipinski definition) is 4. The van der Waals surface area contributed by atoms with Crippen molar-refractivity contribution in [1.82, 2.24) is 9.62 Å². The molecule has 6 heteroatoms. The number of nitrogens with one attached hydrogen (secondary N) is 1. The third-order valence-electron chi connectivity index (χ3n) is 3.69. The molecule has 4 nitrogen and oxygen atoms in total. The summed E-state index contributed by atoms with van der Waals surface area (Å²) in [7, 11) is -3.32. The van der Waals surface area contributed by atoms with Crippen LogP contribution in [0.4, 0.5) is 0 Å². The molecule has 1 heterocycles. The Bertz CT molecular complexity index is 537. The quantitative estimate of drug-likeness (QED) is 0.871. The van der Waals surface area contributed by atoms with Gasteiger partial charge in [0.2, 0.25) is 10.0 Å². The Morgan fingerprint density at radius 1 is 1.24 bits per heavy atom. The number of sulfonamides is 1. The predicted octanol–water partition coefficient (Wildman–Crippen LogP) is 2.48. The van der Waals surface area contributed by atoms with Crippen molar-refractivity contribution in [3.63, 3.8) is 0 Å². The summed E-state index contributed by atoms with van der Waals surface area (Å²) < 4.78 is 26.7. The van der Waals surface area contributed by atoms with Gasteiger partial charge in [0.1, 0.15) is 0 Å². The fourth-order valence-corrected chi connectivity index (χ4v) is 4.92. The summed E-state index contributed by atoms with van der Waals surface area (Å²) in [4.78, 5) is 0.404. The van der Waals surface area contributed by atoms with Crippen LogP contribution in [0, 0.1) is 0 Å². The molecule has 2 rings (SSSR count). The van der Waals surface area contributed by atoms with Gasteiger partial charge in [0.05, 0.1) is 4.90 Å². The van der Waals surface area contributed by atoms with Crippen LogP contribution in [0.3, 0.4) is 0 Å². The number of nitrogens with zero attached hydrogens (tertiary/aromatic N) is 1. The van der Waals surface area contributed by atoms with Gasteiger partial charge in [-0.1, -0.05) is 19.1 Å². The lowest BCUT2D eigenvalue weighted by Crippen LogP contribution is -2.37. The fourth-order valence-electron chi connectivity index (χ4n) is 2.34. The normalized spacial score (nSPS) is 18.6. The zero-order chi connectivity index (χ0) is 15.3. The zero-order valence-corrected chi connectivity index (χ0v) is 14.3. The van der Waals surface area contributed by atoms with Gasteiger partial charge in [-0.05, 0) is 37.6 Å². The number of hydrogen-bond donors (Lipinski definition) is 1. The summed E-state index contributed by atoms with van der Waals surface area (Å²) in [6.07, 6.45) is 1.09. The molecule has 1 N–H and O–H groups in total. The molecule has 1 unspecified atom stereocenters. The van der Waals surface area contributed by atoms with Gasteiger partial charge in [-0.3, -0.25) is 0 Å². The highest BCUT2D eigenvalue weighted by Gasteiger charge is 2.25. The van der Waals surface area contributed by atoms with Crippen molar-refractivity contribution in [3.8, 4) is 0 Å². The van der Waals surface area contributed by atoms with Gasteiger partial charge >= 0.3 is 0 Å². The second kappa shape index (κ2) is 7.63. The highest BCUT2D eigenvalue weighted by molar-refractivity contribution is 7.99. The third kappa shape index (κ3) is 4.22. The van der Waals surface area contributed by atoms with Gasteiger partial charge in [-0.15, -0.1) is 0 Å². The molecule has 1 aliphatic heterocycles. The van der Waals surface area contributed by atoms with Crippen molar-refractivity contribution in [3.05, 3.63) is 29.8 Å². The van der Waals surface area contributed by atoms with E-state index in [1.165, 1.54) is 0 Å². The van der Waals surface area contributed by atoms with Crippen molar-refractivity contribution in [2.75, 3.05) is 31.1 Å². The first-order valence-corrected chi connectivity index (χ1v) is 10.1. The minimum atomic E-state index is -3.32. The van der Waals surface area contributed by atoms with Gasteiger partial charge in [-0.25, -0.2) is 8.42 Å². The van der Waals surface area contributed by atoms with E-state index in [4.69, 9.17) is 0 Å². The SMILES string of the molecule is CCCNC(C)c1ccc(S(=O)(=O)N2CCSCC2)cc1. The maximum atomic E-state index is 12.5. The van der Waals surface area contributed by atoms with Crippen molar-refractivity contribution in [2.45, 2.75) is 31.2 Å². The van der Waals surface area contributed by atoms with Gasteiger partial charge < -0.3 is 5.32 Å². The Labute approximate surface area is 132 Å². The average molecular weight is 329 g/mol. The highest BCUT2D eigenvalue weighted by atomic mass is 32.2. The molecular weight excluding hydrogens is 304 g/mol. The topological polar surface area (TPSA) is 49.4 Å². The van der Waals surface area contributed by atoms with Crippen LogP contribution in [0.25, 0.3) is 0 Å². The summed E-state index contributed by atoms with van der Waals surface area (Å²) >= 11 is 1.81. The molecule has 0 aromatic heterocycles. The lowest BCUT2D eigenvalue weighted by molar-refractivity contribution is 0.443. The van der Waals surface area contributed by atoms with Crippen LogP contribution in [0.5, 0.6) is 0 Å². The van der Waals surface area contributed by atoms with E-state index in [2.05, 4.69) is 19.2 Å². The first-order valence-electron chi connectivity index (χ1n) is 7.47. The molecule has 1 fully saturated rings. The van der Waals surface area contributed by atoms with Crippen LogP contribution in [0.1, 0.15) is 31.9 Å². The minimum Gasteiger partial charge on any atom is -0.310 e. The smallest absolute Gasteiger partial charge is 0.243 e. The molecule has 1 aliphatic rings. The van der Waals surface area contributed by atoms with Crippen molar-refractivity contribution >= 4 is 21.8 Å². The van der Waals surface area contributed by atoms with E-state index >= 15 is 0 Å².